The number of rotatable bonds is 5. The third-order valence-electron chi connectivity index (χ3n) is 2.36. The van der Waals surface area contributed by atoms with Gasteiger partial charge in [-0.05, 0) is 29.8 Å². The van der Waals surface area contributed by atoms with Gasteiger partial charge in [0.25, 0.3) is 0 Å². The smallest absolute Gasteiger partial charge is 0.127 e. The predicted octanol–water partition coefficient (Wildman–Crippen LogP) is 3.63. The summed E-state index contributed by atoms with van der Waals surface area (Å²) in [7, 11) is 0. The first-order valence-electron chi connectivity index (χ1n) is 5.71. The van der Waals surface area contributed by atoms with Crippen LogP contribution in [0.4, 0.5) is 0 Å². The Kier molecular flexibility index (Phi) is 4.40. The summed E-state index contributed by atoms with van der Waals surface area (Å²) in [5, 5.41) is 0. The van der Waals surface area contributed by atoms with Crippen LogP contribution in [0.15, 0.2) is 54.6 Å². The van der Waals surface area contributed by atoms with Crippen molar-refractivity contribution < 1.29 is 9.47 Å². The summed E-state index contributed by atoms with van der Waals surface area (Å²) >= 11 is 0. The van der Waals surface area contributed by atoms with Gasteiger partial charge < -0.3 is 9.47 Å². The highest BCUT2D eigenvalue weighted by Gasteiger charge is 1.97. The zero-order valence-corrected chi connectivity index (χ0v) is 10.0. The monoisotopic (exact) mass is 238 g/mol. The molecule has 2 nitrogen and oxygen atoms in total. The second-order valence-electron chi connectivity index (χ2n) is 3.76. The van der Waals surface area contributed by atoms with E-state index in [1.165, 1.54) is 0 Å². The van der Waals surface area contributed by atoms with Crippen molar-refractivity contribution in [3.8, 4) is 23.8 Å². The quantitative estimate of drug-likeness (QED) is 0.585. The second kappa shape index (κ2) is 6.48. The number of terminal acetylenes is 1. The summed E-state index contributed by atoms with van der Waals surface area (Å²) in [4.78, 5) is 0. The van der Waals surface area contributed by atoms with Gasteiger partial charge in [0.05, 0.1) is 6.61 Å². The molecule has 0 aliphatic carbocycles. The van der Waals surface area contributed by atoms with Gasteiger partial charge in [-0.3, -0.25) is 0 Å². The van der Waals surface area contributed by atoms with Crippen LogP contribution in [0.1, 0.15) is 5.56 Å². The molecule has 0 aromatic heterocycles. The summed E-state index contributed by atoms with van der Waals surface area (Å²) in [6, 6.07) is 17.5. The van der Waals surface area contributed by atoms with Gasteiger partial charge in [0, 0.05) is 0 Å². The molecule has 0 bridgehead atoms. The number of ether oxygens (including phenoxy) is 2. The molecule has 0 aliphatic rings. The summed E-state index contributed by atoms with van der Waals surface area (Å²) in [6.45, 7) is 0.859. The lowest BCUT2D eigenvalue weighted by molar-refractivity contribution is 0.153. The minimum atomic E-state index is 0.336. The van der Waals surface area contributed by atoms with Crippen molar-refractivity contribution in [3.63, 3.8) is 0 Å². The maximum Gasteiger partial charge on any atom is 0.127 e. The van der Waals surface area contributed by atoms with Gasteiger partial charge in [-0.25, -0.2) is 0 Å². The lowest BCUT2D eigenvalue weighted by Gasteiger charge is -2.06. The fraction of sp³-hybridized carbons (Fsp3) is 0.125. The van der Waals surface area contributed by atoms with E-state index < -0.39 is 0 Å². The van der Waals surface area contributed by atoms with Gasteiger partial charge in [0.1, 0.15) is 18.1 Å². The summed E-state index contributed by atoms with van der Waals surface area (Å²) in [5.74, 6) is 4.07. The minimum Gasteiger partial charge on any atom is -0.457 e. The van der Waals surface area contributed by atoms with Gasteiger partial charge in [-0.15, -0.1) is 6.42 Å². The minimum absolute atomic E-state index is 0.336. The maximum atomic E-state index is 5.69. The molecule has 0 unspecified atom stereocenters. The van der Waals surface area contributed by atoms with Crippen molar-refractivity contribution in [1.82, 2.24) is 0 Å². The Hall–Kier alpha value is -2.24. The molecule has 2 rings (SSSR count). The standard InChI is InChI=1S/C16H14O2/c1-2-12-17-13-14-8-10-16(11-9-14)18-15-6-4-3-5-7-15/h1,3-11H,12-13H2. The first-order valence-corrected chi connectivity index (χ1v) is 5.71. The van der Waals surface area contributed by atoms with Crippen LogP contribution in [0.5, 0.6) is 11.5 Å². The van der Waals surface area contributed by atoms with Crippen molar-refractivity contribution in [2.24, 2.45) is 0 Å². The lowest BCUT2D eigenvalue weighted by Crippen LogP contribution is -1.92. The number of benzene rings is 2. The summed E-state index contributed by atoms with van der Waals surface area (Å²) in [5.41, 5.74) is 1.07. The summed E-state index contributed by atoms with van der Waals surface area (Å²) < 4.78 is 10.9. The van der Waals surface area contributed by atoms with Crippen LogP contribution < -0.4 is 4.74 Å². The van der Waals surface area contributed by atoms with Gasteiger partial charge in [0.2, 0.25) is 0 Å². The van der Waals surface area contributed by atoms with E-state index in [-0.39, 0.29) is 0 Å². The highest BCUT2D eigenvalue weighted by molar-refractivity contribution is 5.32. The molecule has 0 saturated carbocycles. The predicted molar refractivity (Wildman–Crippen MR) is 71.4 cm³/mol. The average Bonchev–Trinajstić information content (AvgIpc) is 2.42. The van der Waals surface area contributed by atoms with E-state index in [2.05, 4.69) is 5.92 Å². The van der Waals surface area contributed by atoms with Crippen molar-refractivity contribution in [1.29, 1.82) is 0 Å². The van der Waals surface area contributed by atoms with Crippen molar-refractivity contribution >= 4 is 0 Å². The fourth-order valence-electron chi connectivity index (χ4n) is 1.51. The molecule has 0 fully saturated rings. The Labute approximate surface area is 107 Å². The SMILES string of the molecule is C#CCOCc1ccc(Oc2ccccc2)cc1. The zero-order chi connectivity index (χ0) is 12.6. The Balaban J connectivity index is 1.94. The molecule has 0 aliphatic heterocycles. The summed E-state index contributed by atoms with van der Waals surface area (Å²) in [6.07, 6.45) is 5.11. The van der Waals surface area contributed by atoms with Crippen LogP contribution in [-0.2, 0) is 11.3 Å². The highest BCUT2D eigenvalue weighted by atomic mass is 16.5. The van der Waals surface area contributed by atoms with Crippen molar-refractivity contribution in [2.45, 2.75) is 6.61 Å². The van der Waals surface area contributed by atoms with E-state index in [4.69, 9.17) is 15.9 Å². The molecule has 0 saturated heterocycles. The van der Waals surface area contributed by atoms with Crippen LogP contribution in [0.25, 0.3) is 0 Å². The molecular formula is C16H14O2. The molecule has 0 amide bonds. The number of hydrogen-bond acceptors (Lipinski definition) is 2. The molecule has 2 heteroatoms. The van der Waals surface area contributed by atoms with Crippen molar-refractivity contribution in [3.05, 3.63) is 60.2 Å². The number of para-hydroxylation sites is 1. The van der Waals surface area contributed by atoms with E-state index in [1.807, 2.05) is 54.6 Å². The van der Waals surface area contributed by atoms with E-state index in [0.717, 1.165) is 17.1 Å². The first kappa shape index (κ1) is 12.2. The molecule has 0 spiro atoms. The highest BCUT2D eigenvalue weighted by Crippen LogP contribution is 2.21. The fourth-order valence-corrected chi connectivity index (χ4v) is 1.51. The molecule has 18 heavy (non-hydrogen) atoms. The second-order valence-corrected chi connectivity index (χ2v) is 3.76. The zero-order valence-electron chi connectivity index (χ0n) is 10.0. The average molecular weight is 238 g/mol. The van der Waals surface area contributed by atoms with Gasteiger partial charge in [-0.1, -0.05) is 36.3 Å². The van der Waals surface area contributed by atoms with Crippen LogP contribution >= 0.6 is 0 Å². The molecule has 0 N–H and O–H groups in total. The Morgan fingerprint density at radius 2 is 1.56 bits per heavy atom. The molecule has 2 aromatic carbocycles. The third-order valence-corrected chi connectivity index (χ3v) is 2.36. The van der Waals surface area contributed by atoms with E-state index >= 15 is 0 Å². The van der Waals surface area contributed by atoms with E-state index in [1.54, 1.807) is 0 Å². The van der Waals surface area contributed by atoms with Crippen LogP contribution in [0.3, 0.4) is 0 Å². The molecule has 0 radical (unpaired) electrons. The number of hydrogen-bond donors (Lipinski definition) is 0. The molecule has 0 atom stereocenters. The maximum absolute atomic E-state index is 5.69. The van der Waals surface area contributed by atoms with Crippen LogP contribution in [0.2, 0.25) is 0 Å². The molecule has 90 valence electrons. The normalized spacial score (nSPS) is 9.72. The Bertz CT molecular complexity index is 509. The Morgan fingerprint density at radius 1 is 0.889 bits per heavy atom. The van der Waals surface area contributed by atoms with Crippen molar-refractivity contribution in [2.75, 3.05) is 6.61 Å². The lowest BCUT2D eigenvalue weighted by atomic mass is 10.2. The molecule has 0 heterocycles. The topological polar surface area (TPSA) is 18.5 Å². The van der Waals surface area contributed by atoms with Gasteiger partial charge >= 0.3 is 0 Å². The van der Waals surface area contributed by atoms with Gasteiger partial charge in [-0.2, -0.15) is 0 Å². The Morgan fingerprint density at radius 3 is 2.22 bits per heavy atom. The van der Waals surface area contributed by atoms with Gasteiger partial charge in [0.15, 0.2) is 0 Å². The third kappa shape index (κ3) is 3.65. The van der Waals surface area contributed by atoms with E-state index in [0.29, 0.717) is 13.2 Å². The molecular weight excluding hydrogens is 224 g/mol. The van der Waals surface area contributed by atoms with E-state index in [9.17, 15) is 0 Å². The van der Waals surface area contributed by atoms with Crippen LogP contribution in [-0.4, -0.2) is 6.61 Å². The van der Waals surface area contributed by atoms with Crippen LogP contribution in [0, 0.1) is 12.3 Å². The largest absolute Gasteiger partial charge is 0.457 e. The first-order chi connectivity index (χ1) is 8.88. The molecule has 2 aromatic rings.